The van der Waals surface area contributed by atoms with Crippen LogP contribution in [0.25, 0.3) is 0 Å². The van der Waals surface area contributed by atoms with Gasteiger partial charge in [0.2, 0.25) is 0 Å². The molecule has 0 bridgehead atoms. The van der Waals surface area contributed by atoms with Crippen LogP contribution in [0.1, 0.15) is 60.8 Å². The summed E-state index contributed by atoms with van der Waals surface area (Å²) in [6.45, 7) is 4.54. The molecule has 68 heavy (non-hydrogen) atoms. The van der Waals surface area contributed by atoms with Crippen molar-refractivity contribution in [1.29, 1.82) is 0 Å². The van der Waals surface area contributed by atoms with Gasteiger partial charge in [-0.2, -0.15) is 0 Å². The Morgan fingerprint density at radius 2 is 0.676 bits per heavy atom. The second-order valence-corrected chi connectivity index (χ2v) is 16.6. The number of esters is 2. The summed E-state index contributed by atoms with van der Waals surface area (Å²) in [5.41, 5.74) is 4.47. The Morgan fingerprint density at radius 3 is 0.941 bits per heavy atom. The highest BCUT2D eigenvalue weighted by molar-refractivity contribution is 6.29. The van der Waals surface area contributed by atoms with Gasteiger partial charge in [0.1, 0.15) is 59.9 Å². The quantitative estimate of drug-likeness (QED) is 0.0397. The van der Waals surface area contributed by atoms with Crippen LogP contribution in [-0.4, -0.2) is 91.0 Å². The van der Waals surface area contributed by atoms with Crippen LogP contribution in [0.5, 0.6) is 34.5 Å². The van der Waals surface area contributed by atoms with Gasteiger partial charge in [0.15, 0.2) is 0 Å². The van der Waals surface area contributed by atoms with Crippen LogP contribution in [0, 0.1) is 0 Å². The number of ether oxygens (including phenoxy) is 8. The normalized spacial score (nSPS) is 12.9. The molecule has 358 valence electrons. The molecular weight excluding hydrogens is 861 g/mol. The zero-order valence-electron chi connectivity index (χ0n) is 39.8. The van der Waals surface area contributed by atoms with Crippen molar-refractivity contribution in [2.24, 2.45) is 0 Å². The number of hydrogen-bond donors (Lipinski definition) is 2. The van der Waals surface area contributed by atoms with Crippen molar-refractivity contribution in [2.75, 3.05) is 54.7 Å². The van der Waals surface area contributed by atoms with Crippen molar-refractivity contribution < 1.29 is 47.5 Å². The highest BCUT2D eigenvalue weighted by atomic mass is 16.6. The third-order valence-corrected chi connectivity index (χ3v) is 11.7. The van der Waals surface area contributed by atoms with E-state index >= 15 is 0 Å². The average molecular weight is 925 g/mol. The minimum Gasteiger partial charge on any atom is -0.497 e. The fourth-order valence-corrected chi connectivity index (χ4v) is 7.89. The van der Waals surface area contributed by atoms with E-state index in [4.69, 9.17) is 37.9 Å². The first-order valence-electron chi connectivity index (χ1n) is 22.9. The summed E-state index contributed by atoms with van der Waals surface area (Å²) in [7, 11) is 6.59. The van der Waals surface area contributed by atoms with Crippen molar-refractivity contribution in [3.05, 3.63) is 180 Å². The lowest BCUT2D eigenvalue weighted by Gasteiger charge is -2.26. The molecule has 0 unspecified atom stereocenters. The largest absolute Gasteiger partial charge is 0.497 e. The number of nitrogens with one attached hydrogen (secondary N) is 2. The zero-order valence-corrected chi connectivity index (χ0v) is 39.8. The van der Waals surface area contributed by atoms with E-state index in [0.717, 1.165) is 45.3 Å². The summed E-state index contributed by atoms with van der Waals surface area (Å²) < 4.78 is 45.6. The summed E-state index contributed by atoms with van der Waals surface area (Å²) >= 11 is 0. The molecule has 0 spiro atoms. The van der Waals surface area contributed by atoms with Crippen LogP contribution < -0.4 is 39.1 Å². The Kier molecular flexibility index (Phi) is 19.5. The second-order valence-electron chi connectivity index (χ2n) is 16.6. The summed E-state index contributed by atoms with van der Waals surface area (Å²) in [6, 6.07) is 50.6. The lowest BCUT2D eigenvalue weighted by Crippen LogP contribution is -2.43. The maximum atomic E-state index is 13.7. The second kappa shape index (κ2) is 26.4. The molecule has 0 aromatic heterocycles. The van der Waals surface area contributed by atoms with Gasteiger partial charge in [-0.1, -0.05) is 84.9 Å². The van der Waals surface area contributed by atoms with Gasteiger partial charge in [-0.05, 0) is 122 Å². The van der Waals surface area contributed by atoms with Gasteiger partial charge >= 0.3 is 11.9 Å². The molecule has 0 heterocycles. The van der Waals surface area contributed by atoms with Crippen molar-refractivity contribution in [3.63, 3.8) is 0 Å². The Labute approximate surface area is 400 Å². The van der Waals surface area contributed by atoms with Gasteiger partial charge in [-0.3, -0.25) is 0 Å². The lowest BCUT2D eigenvalue weighted by atomic mass is 9.86. The van der Waals surface area contributed by atoms with Gasteiger partial charge in [-0.15, -0.1) is 0 Å². The molecule has 6 aromatic carbocycles. The third-order valence-electron chi connectivity index (χ3n) is 11.7. The van der Waals surface area contributed by atoms with Crippen molar-refractivity contribution in [1.82, 2.24) is 10.6 Å². The molecule has 0 amide bonds. The molecule has 4 atom stereocenters. The van der Waals surface area contributed by atoms with E-state index in [1.165, 1.54) is 0 Å². The molecule has 6 aromatic rings. The molecule has 12 nitrogen and oxygen atoms in total. The number of carbonyl (C=O) groups is 2. The summed E-state index contributed by atoms with van der Waals surface area (Å²) in [6.07, 6.45) is -0.279. The fourth-order valence-electron chi connectivity index (χ4n) is 7.89. The minimum atomic E-state index is -1.13. The van der Waals surface area contributed by atoms with Gasteiger partial charge in [-0.25, -0.2) is 9.59 Å². The van der Waals surface area contributed by atoms with Crippen LogP contribution in [0.15, 0.2) is 158 Å². The lowest BCUT2D eigenvalue weighted by molar-refractivity contribution is -0.175. The number of carbonyl (C=O) groups excluding carboxylic acids is 2. The molecule has 0 aliphatic heterocycles. The standard InChI is InChI=1S/C56H64N2O10/c1-39(33-53(41-17-25-45(61-3)26-18-41)42-19-27-46(62-4)28-20-42)57-35-51(37-65-49-13-9-7-10-14-49)67-55(59)56(60)68-52(38-66-50-15-11-8-12-16-50)36-58-40(2)34-54(43-21-29-47(63-5)30-22-43)44-23-31-48(64-6)32-24-44/h7-32,39-40,51-54,57-58H,33-38H2,1-6H3/t39-,40-,51+,52+/m1/s1. The van der Waals surface area contributed by atoms with E-state index in [1.807, 2.05) is 109 Å². The molecule has 2 N–H and O–H groups in total. The highest BCUT2D eigenvalue weighted by Gasteiger charge is 2.28. The van der Waals surface area contributed by atoms with E-state index in [9.17, 15) is 9.59 Å². The van der Waals surface area contributed by atoms with Gasteiger partial charge in [0.05, 0.1) is 28.4 Å². The van der Waals surface area contributed by atoms with E-state index in [-0.39, 0.29) is 50.2 Å². The molecule has 0 saturated heterocycles. The van der Waals surface area contributed by atoms with Crippen molar-refractivity contribution in [3.8, 4) is 34.5 Å². The Balaban J connectivity index is 1.13. The molecule has 0 fully saturated rings. The molecule has 12 heteroatoms. The number of hydrogen-bond acceptors (Lipinski definition) is 12. The smallest absolute Gasteiger partial charge is 0.417 e. The maximum absolute atomic E-state index is 13.7. The van der Waals surface area contributed by atoms with Crippen molar-refractivity contribution >= 4 is 11.9 Å². The fraction of sp³-hybridized carbons (Fsp3) is 0.321. The number of methoxy groups -OCH3 is 4. The Hall–Kier alpha value is -7.02. The monoisotopic (exact) mass is 924 g/mol. The molecule has 0 aliphatic rings. The van der Waals surface area contributed by atoms with E-state index in [0.29, 0.717) is 24.3 Å². The Morgan fingerprint density at radius 1 is 0.397 bits per heavy atom. The topological polar surface area (TPSA) is 132 Å². The summed E-state index contributed by atoms with van der Waals surface area (Å²) in [5, 5.41) is 7.08. The van der Waals surface area contributed by atoms with E-state index in [2.05, 4.69) is 73.0 Å². The van der Waals surface area contributed by atoms with Crippen LogP contribution in [0.4, 0.5) is 0 Å². The molecule has 0 aliphatic carbocycles. The van der Waals surface area contributed by atoms with Crippen molar-refractivity contribution in [2.45, 2.75) is 62.8 Å². The minimum absolute atomic E-state index is 0.00762. The first-order valence-corrected chi connectivity index (χ1v) is 22.9. The van der Waals surface area contributed by atoms with Crippen LogP contribution in [-0.2, 0) is 19.1 Å². The third kappa shape index (κ3) is 15.5. The maximum Gasteiger partial charge on any atom is 0.417 e. The highest BCUT2D eigenvalue weighted by Crippen LogP contribution is 2.33. The molecule has 0 saturated carbocycles. The average Bonchev–Trinajstić information content (AvgIpc) is 3.39. The van der Waals surface area contributed by atoms with Crippen LogP contribution in [0.3, 0.4) is 0 Å². The van der Waals surface area contributed by atoms with E-state index in [1.54, 1.807) is 28.4 Å². The number of benzene rings is 6. The number of rotatable bonds is 26. The van der Waals surface area contributed by atoms with Crippen LogP contribution in [0.2, 0.25) is 0 Å². The molecule has 6 rings (SSSR count). The zero-order chi connectivity index (χ0) is 48.1. The van der Waals surface area contributed by atoms with E-state index < -0.39 is 24.1 Å². The first-order chi connectivity index (χ1) is 33.1. The van der Waals surface area contributed by atoms with Gasteiger partial charge in [0, 0.05) is 37.0 Å². The first kappa shape index (κ1) is 50.4. The number of para-hydroxylation sites is 2. The molecule has 0 radical (unpaired) electrons. The summed E-state index contributed by atoms with van der Waals surface area (Å²) in [4.78, 5) is 27.4. The molecular formula is C56H64N2O10. The SMILES string of the molecule is COc1ccc(C(C[C@@H](C)NC[C@@H](COc2ccccc2)OC(=O)C(=O)O[C@@H](CN[C@H](C)CC(c2ccc(OC)cc2)c2ccc(OC)cc2)COc2ccccc2)c2ccc(OC)cc2)cc1. The van der Waals surface area contributed by atoms with Gasteiger partial charge < -0.3 is 48.5 Å². The van der Waals surface area contributed by atoms with Crippen LogP contribution >= 0.6 is 0 Å². The van der Waals surface area contributed by atoms with Gasteiger partial charge in [0.25, 0.3) is 0 Å². The Bertz CT molecular complexity index is 2120. The predicted molar refractivity (Wildman–Crippen MR) is 263 cm³/mol. The predicted octanol–water partition coefficient (Wildman–Crippen LogP) is 9.40. The summed E-state index contributed by atoms with van der Waals surface area (Å²) in [5.74, 6) is 2.07.